The maximum atomic E-state index is 4.27. The molecule has 1 unspecified atom stereocenters. The van der Waals surface area contributed by atoms with Crippen LogP contribution in [0.1, 0.15) is 33.6 Å². The quantitative estimate of drug-likeness (QED) is 0.718. The lowest BCUT2D eigenvalue weighted by Crippen LogP contribution is -2.26. The summed E-state index contributed by atoms with van der Waals surface area (Å²) in [7, 11) is 0. The molecular weight excluding hydrogens is 186 g/mol. The van der Waals surface area contributed by atoms with Gasteiger partial charge in [-0.05, 0) is 25.3 Å². The van der Waals surface area contributed by atoms with Gasteiger partial charge in [-0.2, -0.15) is 0 Å². The molecule has 1 aromatic heterocycles. The third-order valence-corrected chi connectivity index (χ3v) is 2.86. The Morgan fingerprint density at radius 3 is 2.73 bits per heavy atom. The summed E-state index contributed by atoms with van der Waals surface area (Å²) in [6, 6.07) is 1.97. The van der Waals surface area contributed by atoms with Crippen molar-refractivity contribution in [2.45, 2.75) is 33.6 Å². The molecule has 0 radical (unpaired) electrons. The lowest BCUT2D eigenvalue weighted by molar-refractivity contribution is 0.511. The van der Waals surface area contributed by atoms with Crippen molar-refractivity contribution in [3.05, 3.63) is 18.6 Å². The van der Waals surface area contributed by atoms with Crippen LogP contribution in [-0.4, -0.2) is 23.1 Å². The van der Waals surface area contributed by atoms with Gasteiger partial charge < -0.3 is 4.90 Å². The van der Waals surface area contributed by atoms with Gasteiger partial charge in [0.2, 0.25) is 0 Å². The molecule has 0 fully saturated rings. The Bertz CT molecular complexity index is 261. The zero-order valence-corrected chi connectivity index (χ0v) is 9.98. The van der Waals surface area contributed by atoms with Crippen molar-refractivity contribution in [2.24, 2.45) is 5.92 Å². The molecule has 0 aromatic carbocycles. The first-order valence-corrected chi connectivity index (χ1v) is 5.78. The molecule has 0 amide bonds. The van der Waals surface area contributed by atoms with E-state index in [2.05, 4.69) is 35.6 Å². The van der Waals surface area contributed by atoms with Crippen molar-refractivity contribution in [3.8, 4) is 0 Å². The Kier molecular flexibility index (Phi) is 5.08. The van der Waals surface area contributed by atoms with Crippen LogP contribution in [0.2, 0.25) is 0 Å². The van der Waals surface area contributed by atoms with E-state index in [9.17, 15) is 0 Å². The van der Waals surface area contributed by atoms with Gasteiger partial charge in [0.15, 0.2) is 0 Å². The Labute approximate surface area is 92.6 Å². The van der Waals surface area contributed by atoms with Gasteiger partial charge in [-0.15, -0.1) is 0 Å². The predicted octanol–water partition coefficient (Wildman–Crippen LogP) is 2.74. The molecular formula is C12H21N3. The molecule has 0 aliphatic carbocycles. The average Bonchev–Trinajstić information content (AvgIpc) is 2.31. The Morgan fingerprint density at radius 1 is 1.40 bits per heavy atom. The molecule has 0 N–H and O–H groups in total. The van der Waals surface area contributed by atoms with Crippen LogP contribution in [0.15, 0.2) is 18.6 Å². The van der Waals surface area contributed by atoms with Gasteiger partial charge in [0.05, 0.1) is 0 Å². The van der Waals surface area contributed by atoms with E-state index in [4.69, 9.17) is 0 Å². The summed E-state index contributed by atoms with van der Waals surface area (Å²) in [5.74, 6) is 1.83. The van der Waals surface area contributed by atoms with Gasteiger partial charge in [0.1, 0.15) is 12.1 Å². The Hall–Kier alpha value is -1.12. The van der Waals surface area contributed by atoms with Crippen LogP contribution in [0.4, 0.5) is 5.82 Å². The third kappa shape index (κ3) is 3.86. The molecule has 0 spiro atoms. The fraction of sp³-hybridized carbons (Fsp3) is 0.667. The molecule has 15 heavy (non-hydrogen) atoms. The molecule has 3 nitrogen and oxygen atoms in total. The fourth-order valence-corrected chi connectivity index (χ4v) is 1.49. The molecule has 84 valence electrons. The van der Waals surface area contributed by atoms with E-state index in [0.29, 0.717) is 0 Å². The van der Waals surface area contributed by atoms with Crippen molar-refractivity contribution >= 4 is 5.82 Å². The summed E-state index contributed by atoms with van der Waals surface area (Å²) in [6.07, 6.45) is 5.89. The van der Waals surface area contributed by atoms with Crippen LogP contribution in [0.3, 0.4) is 0 Å². The maximum Gasteiger partial charge on any atom is 0.131 e. The van der Waals surface area contributed by atoms with E-state index in [0.717, 1.165) is 24.8 Å². The molecule has 0 saturated carbocycles. The lowest BCUT2D eigenvalue weighted by atomic mass is 10.1. The molecule has 1 heterocycles. The maximum absolute atomic E-state index is 4.27. The average molecular weight is 207 g/mol. The highest BCUT2D eigenvalue weighted by atomic mass is 15.2. The number of hydrogen-bond donors (Lipinski definition) is 0. The molecule has 0 saturated heterocycles. The smallest absolute Gasteiger partial charge is 0.131 e. The van der Waals surface area contributed by atoms with Gasteiger partial charge in [-0.3, -0.25) is 0 Å². The molecule has 1 rings (SSSR count). The normalized spacial score (nSPS) is 12.5. The van der Waals surface area contributed by atoms with Gasteiger partial charge in [0, 0.05) is 19.3 Å². The number of nitrogens with zero attached hydrogens (tertiary/aromatic N) is 3. The van der Waals surface area contributed by atoms with Crippen molar-refractivity contribution in [1.29, 1.82) is 0 Å². The topological polar surface area (TPSA) is 29.0 Å². The summed E-state index contributed by atoms with van der Waals surface area (Å²) >= 11 is 0. The summed E-state index contributed by atoms with van der Waals surface area (Å²) in [6.45, 7) is 8.80. The van der Waals surface area contributed by atoms with E-state index in [1.807, 2.05) is 6.07 Å². The number of aromatic nitrogens is 2. The predicted molar refractivity (Wildman–Crippen MR) is 64.0 cm³/mol. The SMILES string of the molecule is CCC(C)CCN(CC)c1ccncn1. The van der Waals surface area contributed by atoms with Crippen LogP contribution in [-0.2, 0) is 0 Å². The monoisotopic (exact) mass is 207 g/mol. The van der Waals surface area contributed by atoms with Gasteiger partial charge in [-0.1, -0.05) is 20.3 Å². The van der Waals surface area contributed by atoms with Gasteiger partial charge >= 0.3 is 0 Å². The molecule has 0 aliphatic heterocycles. The highest BCUT2D eigenvalue weighted by Crippen LogP contribution is 2.12. The van der Waals surface area contributed by atoms with Crippen molar-refractivity contribution in [1.82, 2.24) is 9.97 Å². The van der Waals surface area contributed by atoms with Gasteiger partial charge in [0.25, 0.3) is 0 Å². The molecule has 1 aromatic rings. The molecule has 0 bridgehead atoms. The van der Waals surface area contributed by atoms with E-state index in [-0.39, 0.29) is 0 Å². The minimum absolute atomic E-state index is 0.792. The number of anilines is 1. The summed E-state index contributed by atoms with van der Waals surface area (Å²) in [5, 5.41) is 0. The first kappa shape index (κ1) is 12.0. The molecule has 1 atom stereocenters. The summed E-state index contributed by atoms with van der Waals surface area (Å²) in [5.41, 5.74) is 0. The zero-order chi connectivity index (χ0) is 11.1. The second kappa shape index (κ2) is 6.38. The second-order valence-corrected chi connectivity index (χ2v) is 3.95. The molecule has 0 aliphatic rings. The van der Waals surface area contributed by atoms with Crippen LogP contribution in [0.5, 0.6) is 0 Å². The van der Waals surface area contributed by atoms with Crippen molar-refractivity contribution in [3.63, 3.8) is 0 Å². The van der Waals surface area contributed by atoms with Crippen molar-refractivity contribution in [2.75, 3.05) is 18.0 Å². The Morgan fingerprint density at radius 2 is 2.20 bits per heavy atom. The number of hydrogen-bond acceptors (Lipinski definition) is 3. The summed E-state index contributed by atoms with van der Waals surface area (Å²) < 4.78 is 0. The first-order valence-electron chi connectivity index (χ1n) is 5.78. The van der Waals surface area contributed by atoms with E-state index in [1.165, 1.54) is 12.8 Å². The van der Waals surface area contributed by atoms with Crippen molar-refractivity contribution < 1.29 is 0 Å². The van der Waals surface area contributed by atoms with Crippen LogP contribution < -0.4 is 4.90 Å². The third-order valence-electron chi connectivity index (χ3n) is 2.86. The summed E-state index contributed by atoms with van der Waals surface area (Å²) in [4.78, 5) is 10.5. The fourth-order valence-electron chi connectivity index (χ4n) is 1.49. The van der Waals surface area contributed by atoms with Crippen LogP contribution >= 0.6 is 0 Å². The lowest BCUT2D eigenvalue weighted by Gasteiger charge is -2.23. The standard InChI is InChI=1S/C12H21N3/c1-4-11(3)7-9-15(5-2)12-6-8-13-10-14-12/h6,8,10-11H,4-5,7,9H2,1-3H3. The Balaban J connectivity index is 2.50. The molecule has 3 heteroatoms. The van der Waals surface area contributed by atoms with Crippen LogP contribution in [0.25, 0.3) is 0 Å². The minimum atomic E-state index is 0.792. The largest absolute Gasteiger partial charge is 0.357 e. The van der Waals surface area contributed by atoms with E-state index >= 15 is 0 Å². The van der Waals surface area contributed by atoms with E-state index < -0.39 is 0 Å². The first-order chi connectivity index (χ1) is 7.27. The van der Waals surface area contributed by atoms with E-state index in [1.54, 1.807) is 12.5 Å². The van der Waals surface area contributed by atoms with Gasteiger partial charge in [-0.25, -0.2) is 9.97 Å². The number of rotatable bonds is 6. The zero-order valence-electron chi connectivity index (χ0n) is 9.98. The highest BCUT2D eigenvalue weighted by molar-refractivity contribution is 5.35. The van der Waals surface area contributed by atoms with Crippen LogP contribution in [0, 0.1) is 5.92 Å². The highest BCUT2D eigenvalue weighted by Gasteiger charge is 2.06. The second-order valence-electron chi connectivity index (χ2n) is 3.95. The minimum Gasteiger partial charge on any atom is -0.357 e.